The first-order valence-corrected chi connectivity index (χ1v) is 6.68. The quantitative estimate of drug-likeness (QED) is 0.437. The fourth-order valence-electron chi connectivity index (χ4n) is 0.341. The minimum Gasteiger partial charge on any atom is -0.481 e. The number of halogens is 3. The Balaban J connectivity index is -0.000000222. The predicted octanol–water partition coefficient (Wildman–Crippen LogP) is 0.104. The van der Waals surface area contributed by atoms with E-state index in [-0.39, 0.29) is 5.38 Å². The molecule has 5 N–H and O–H groups in total. The molecule has 0 atom stereocenters. The summed E-state index contributed by atoms with van der Waals surface area (Å²) in [7, 11) is 0. The molecule has 0 aliphatic rings. The highest BCUT2D eigenvalue weighted by Crippen LogP contribution is 2.11. The van der Waals surface area contributed by atoms with Crippen LogP contribution >= 0.6 is 34.8 Å². The van der Waals surface area contributed by atoms with E-state index in [1.807, 2.05) is 0 Å². The third kappa shape index (κ3) is 18.2. The minimum absolute atomic E-state index is 0.0617. The zero-order valence-electron chi connectivity index (χ0n) is 10.6. The molecule has 0 aromatic heterocycles. The van der Waals surface area contributed by atoms with Crippen LogP contribution in [0.3, 0.4) is 0 Å². The van der Waals surface area contributed by atoms with Gasteiger partial charge >= 0.3 is 0 Å². The van der Waals surface area contributed by atoms with Crippen LogP contribution in [0.4, 0.5) is 0 Å². The molecule has 0 unspecified atom stereocenters. The summed E-state index contributed by atoms with van der Waals surface area (Å²) in [4.78, 5) is 9.00. The number of hydrogen-bond donors (Lipinski definition) is 5. The second-order valence-corrected chi connectivity index (χ2v) is 4.79. The highest BCUT2D eigenvalue weighted by molar-refractivity contribution is 6.32. The standard InChI is InChI=1S/C5H12O4.C3H5Cl3.C2H4O2/c6-1-5(2-7,3-8)4-9;4-1-3(6)2-5;1-2(3)4/h6-9H,1-4H2;3H,1-2H2;1H3,(H,3,4). The lowest BCUT2D eigenvalue weighted by Crippen LogP contribution is -2.37. The van der Waals surface area contributed by atoms with Gasteiger partial charge < -0.3 is 25.5 Å². The van der Waals surface area contributed by atoms with Crippen LogP contribution in [0.15, 0.2) is 0 Å². The molecule has 0 rings (SSSR count). The Labute approximate surface area is 127 Å². The van der Waals surface area contributed by atoms with Crippen LogP contribution in [0, 0.1) is 5.41 Å². The third-order valence-corrected chi connectivity index (χ3v) is 3.05. The average molecular weight is 344 g/mol. The number of hydrogen-bond acceptors (Lipinski definition) is 5. The number of aliphatic hydroxyl groups is 4. The molecule has 0 spiro atoms. The van der Waals surface area contributed by atoms with Gasteiger partial charge in [-0.05, 0) is 0 Å². The molecule has 6 nitrogen and oxygen atoms in total. The predicted molar refractivity (Wildman–Crippen MR) is 75.2 cm³/mol. The van der Waals surface area contributed by atoms with Crippen LogP contribution in [-0.4, -0.2) is 75.1 Å². The van der Waals surface area contributed by atoms with Crippen molar-refractivity contribution in [1.29, 1.82) is 0 Å². The maximum Gasteiger partial charge on any atom is 0.300 e. The zero-order chi connectivity index (χ0) is 15.9. The third-order valence-electron chi connectivity index (χ3n) is 1.68. The number of aliphatic hydroxyl groups excluding tert-OH is 4. The first-order chi connectivity index (χ1) is 8.78. The number of carbonyl (C=O) groups is 1. The van der Waals surface area contributed by atoms with Crippen molar-refractivity contribution in [2.45, 2.75) is 12.3 Å². The smallest absolute Gasteiger partial charge is 0.300 e. The fourth-order valence-corrected chi connectivity index (χ4v) is 0.671. The van der Waals surface area contributed by atoms with Crippen molar-refractivity contribution >= 4 is 40.8 Å². The molecule has 19 heavy (non-hydrogen) atoms. The Morgan fingerprint density at radius 3 is 1.21 bits per heavy atom. The van der Waals surface area contributed by atoms with Crippen molar-refractivity contribution in [3.05, 3.63) is 0 Å². The molecular formula is C10H21Cl3O6. The summed E-state index contributed by atoms with van der Waals surface area (Å²) in [5, 5.41) is 41.3. The highest BCUT2D eigenvalue weighted by atomic mass is 35.5. The molecule has 0 aliphatic heterocycles. The summed E-state index contributed by atoms with van der Waals surface area (Å²) >= 11 is 15.9. The van der Waals surface area contributed by atoms with E-state index in [1.54, 1.807) is 0 Å². The van der Waals surface area contributed by atoms with E-state index in [0.717, 1.165) is 6.92 Å². The van der Waals surface area contributed by atoms with Crippen LogP contribution < -0.4 is 0 Å². The van der Waals surface area contributed by atoms with Gasteiger partial charge in [-0.2, -0.15) is 0 Å². The Hall–Kier alpha value is 0.180. The molecule has 0 saturated heterocycles. The lowest BCUT2D eigenvalue weighted by Gasteiger charge is -2.23. The Morgan fingerprint density at radius 1 is 1.00 bits per heavy atom. The maximum atomic E-state index is 9.00. The molecule has 0 bridgehead atoms. The summed E-state index contributed by atoms with van der Waals surface area (Å²) < 4.78 is 0. The Bertz CT molecular complexity index is 176. The Morgan fingerprint density at radius 2 is 1.21 bits per heavy atom. The van der Waals surface area contributed by atoms with Crippen LogP contribution in [-0.2, 0) is 4.79 Å². The van der Waals surface area contributed by atoms with Gasteiger partial charge in [-0.3, -0.25) is 4.79 Å². The first-order valence-electron chi connectivity index (χ1n) is 5.18. The Kier molecular flexibility index (Phi) is 20.7. The molecular weight excluding hydrogens is 322 g/mol. The summed E-state index contributed by atoms with van der Waals surface area (Å²) in [5.74, 6) is 0.0378. The van der Waals surface area contributed by atoms with Crippen molar-refractivity contribution < 1.29 is 30.3 Å². The van der Waals surface area contributed by atoms with E-state index >= 15 is 0 Å². The van der Waals surface area contributed by atoms with Gasteiger partial charge in [-0.25, -0.2) is 0 Å². The van der Waals surface area contributed by atoms with Crippen molar-refractivity contribution in [2.24, 2.45) is 5.41 Å². The molecule has 0 fully saturated rings. The molecule has 0 amide bonds. The van der Waals surface area contributed by atoms with Crippen LogP contribution in [0.1, 0.15) is 6.92 Å². The minimum atomic E-state index is -1.11. The van der Waals surface area contributed by atoms with Crippen LogP contribution in [0.25, 0.3) is 0 Å². The van der Waals surface area contributed by atoms with E-state index in [4.69, 9.17) is 65.1 Å². The molecule has 0 aromatic rings. The van der Waals surface area contributed by atoms with E-state index in [1.165, 1.54) is 0 Å². The topological polar surface area (TPSA) is 118 Å². The van der Waals surface area contributed by atoms with E-state index in [9.17, 15) is 0 Å². The van der Waals surface area contributed by atoms with E-state index in [0.29, 0.717) is 11.8 Å². The van der Waals surface area contributed by atoms with Gasteiger partial charge in [0.2, 0.25) is 0 Å². The summed E-state index contributed by atoms with van der Waals surface area (Å²) in [5.41, 5.74) is -1.11. The largest absolute Gasteiger partial charge is 0.481 e. The van der Waals surface area contributed by atoms with E-state index < -0.39 is 37.8 Å². The first kappa shape index (κ1) is 24.2. The summed E-state index contributed by atoms with van der Waals surface area (Å²) in [6, 6.07) is 0. The highest BCUT2D eigenvalue weighted by Gasteiger charge is 2.26. The fraction of sp³-hybridized carbons (Fsp3) is 0.900. The van der Waals surface area contributed by atoms with Crippen molar-refractivity contribution in [3.8, 4) is 0 Å². The van der Waals surface area contributed by atoms with Gasteiger partial charge in [0, 0.05) is 18.7 Å². The molecule has 0 saturated carbocycles. The molecule has 0 aliphatic carbocycles. The second-order valence-electron chi connectivity index (χ2n) is 3.56. The number of carboxylic acid groups (broad SMARTS) is 1. The monoisotopic (exact) mass is 342 g/mol. The van der Waals surface area contributed by atoms with Crippen LogP contribution in [0.2, 0.25) is 0 Å². The van der Waals surface area contributed by atoms with Crippen LogP contribution in [0.5, 0.6) is 0 Å². The van der Waals surface area contributed by atoms with Gasteiger partial charge in [-0.15, -0.1) is 34.8 Å². The van der Waals surface area contributed by atoms with Crippen molar-refractivity contribution in [3.63, 3.8) is 0 Å². The van der Waals surface area contributed by atoms with Gasteiger partial charge in [0.15, 0.2) is 0 Å². The van der Waals surface area contributed by atoms with Gasteiger partial charge in [0.05, 0.1) is 37.2 Å². The lowest BCUT2D eigenvalue weighted by atomic mass is 9.93. The molecule has 0 heterocycles. The summed E-state index contributed by atoms with van der Waals surface area (Å²) in [6.07, 6.45) is 0. The van der Waals surface area contributed by atoms with Gasteiger partial charge in [-0.1, -0.05) is 0 Å². The van der Waals surface area contributed by atoms with Crippen molar-refractivity contribution in [1.82, 2.24) is 0 Å². The van der Waals surface area contributed by atoms with Crippen molar-refractivity contribution in [2.75, 3.05) is 38.2 Å². The lowest BCUT2D eigenvalue weighted by molar-refractivity contribution is -0.134. The average Bonchev–Trinajstić information content (AvgIpc) is 2.41. The maximum absolute atomic E-state index is 9.00. The van der Waals surface area contributed by atoms with Gasteiger partial charge in [0.1, 0.15) is 0 Å². The molecule has 9 heteroatoms. The molecule has 0 radical (unpaired) electrons. The number of carboxylic acids is 1. The second kappa shape index (κ2) is 16.2. The zero-order valence-corrected chi connectivity index (χ0v) is 12.9. The molecule has 118 valence electrons. The number of alkyl halides is 3. The van der Waals surface area contributed by atoms with Gasteiger partial charge in [0.25, 0.3) is 5.97 Å². The normalized spacial score (nSPS) is 10.2. The summed E-state index contributed by atoms with van der Waals surface area (Å²) in [6.45, 7) is -0.542. The van der Waals surface area contributed by atoms with E-state index in [2.05, 4.69) is 0 Å². The SMILES string of the molecule is CC(=O)O.ClCC(Cl)CCl.OCC(CO)(CO)CO. The number of rotatable bonds is 6. The molecule has 0 aromatic carbocycles. The number of aliphatic carboxylic acids is 1.